The van der Waals surface area contributed by atoms with Crippen LogP contribution in [0.2, 0.25) is 0 Å². The number of aromatic hydroxyl groups is 1. The number of para-hydroxylation sites is 1. The van der Waals surface area contributed by atoms with Crippen molar-refractivity contribution < 1.29 is 14.4 Å². The number of phenolic OH excluding ortho intramolecular Hbond substituents is 1. The van der Waals surface area contributed by atoms with Crippen molar-refractivity contribution >= 4 is 11.0 Å². The number of rotatable bonds is 7. The molecule has 0 saturated carbocycles. The lowest BCUT2D eigenvalue weighted by atomic mass is 10.0. The third kappa shape index (κ3) is 3.46. The van der Waals surface area contributed by atoms with E-state index in [1.165, 1.54) is 0 Å². The Morgan fingerprint density at radius 3 is 2.60 bits per heavy atom. The van der Waals surface area contributed by atoms with Crippen LogP contribution in [0.25, 0.3) is 11.0 Å². The summed E-state index contributed by atoms with van der Waals surface area (Å²) in [5, 5.41) is 15.5. The fourth-order valence-electron chi connectivity index (χ4n) is 3.08. The number of nitrogens with zero attached hydrogens (tertiary/aromatic N) is 2. The van der Waals surface area contributed by atoms with Crippen LogP contribution < -0.4 is 4.74 Å². The zero-order valence-corrected chi connectivity index (χ0v) is 15.0. The van der Waals surface area contributed by atoms with Gasteiger partial charge in [-0.25, -0.2) is 0 Å². The third-order valence-corrected chi connectivity index (χ3v) is 4.62. The van der Waals surface area contributed by atoms with Gasteiger partial charge in [0.15, 0.2) is 5.58 Å². The van der Waals surface area contributed by atoms with Crippen molar-refractivity contribution in [3.63, 3.8) is 0 Å². The fraction of sp³-hybridized carbons (Fsp3) is 0.350. The van der Waals surface area contributed by atoms with Crippen molar-refractivity contribution in [2.24, 2.45) is 0 Å². The Bertz CT molecular complexity index is 853. The topological polar surface area (TPSA) is 58.7 Å². The summed E-state index contributed by atoms with van der Waals surface area (Å²) in [5.74, 6) is 1.08. The van der Waals surface area contributed by atoms with Crippen LogP contribution in [0.15, 0.2) is 40.9 Å². The summed E-state index contributed by atoms with van der Waals surface area (Å²) in [6.45, 7) is 6.67. The summed E-state index contributed by atoms with van der Waals surface area (Å²) in [6.07, 6.45) is 0.618. The smallest absolute Gasteiger partial charge is 0.175 e. The van der Waals surface area contributed by atoms with Gasteiger partial charge in [0.05, 0.1) is 18.4 Å². The zero-order valence-electron chi connectivity index (χ0n) is 15.0. The van der Waals surface area contributed by atoms with Crippen molar-refractivity contribution in [3.05, 3.63) is 53.2 Å². The van der Waals surface area contributed by atoms with Crippen LogP contribution in [0.1, 0.15) is 30.7 Å². The minimum Gasteiger partial charge on any atom is -0.507 e. The van der Waals surface area contributed by atoms with E-state index in [2.05, 4.69) is 23.9 Å². The number of benzene rings is 2. The molecule has 0 atom stereocenters. The van der Waals surface area contributed by atoms with Gasteiger partial charge in [-0.3, -0.25) is 4.90 Å². The minimum atomic E-state index is 0.249. The molecule has 132 valence electrons. The average molecular weight is 340 g/mol. The number of methoxy groups -OCH3 is 1. The molecule has 0 aliphatic rings. The van der Waals surface area contributed by atoms with Crippen LogP contribution in [0.3, 0.4) is 0 Å². The molecule has 0 bridgehead atoms. The van der Waals surface area contributed by atoms with E-state index in [0.717, 1.165) is 41.0 Å². The highest BCUT2D eigenvalue weighted by atomic mass is 16.5. The number of phenols is 1. The lowest BCUT2D eigenvalue weighted by Crippen LogP contribution is -2.22. The Morgan fingerprint density at radius 2 is 1.88 bits per heavy atom. The summed E-state index contributed by atoms with van der Waals surface area (Å²) in [7, 11) is 1.67. The molecule has 1 aromatic heterocycles. The maximum absolute atomic E-state index is 10.3. The SMILES string of the molecule is CCN(CC)Cc1c(O)ccc2c(Cc3ccccc3OC)noc12. The van der Waals surface area contributed by atoms with Crippen LogP contribution in [-0.4, -0.2) is 35.4 Å². The van der Waals surface area contributed by atoms with Gasteiger partial charge in [-0.05, 0) is 31.3 Å². The maximum Gasteiger partial charge on any atom is 0.175 e. The van der Waals surface area contributed by atoms with Gasteiger partial charge in [-0.2, -0.15) is 0 Å². The molecule has 0 radical (unpaired) electrons. The molecule has 25 heavy (non-hydrogen) atoms. The molecule has 2 aromatic carbocycles. The molecule has 0 fully saturated rings. The van der Waals surface area contributed by atoms with Crippen molar-refractivity contribution in [1.82, 2.24) is 10.1 Å². The largest absolute Gasteiger partial charge is 0.507 e. The molecular weight excluding hydrogens is 316 g/mol. The number of aromatic nitrogens is 1. The average Bonchev–Trinajstić information content (AvgIpc) is 3.04. The Hall–Kier alpha value is -2.53. The lowest BCUT2D eigenvalue weighted by molar-refractivity contribution is 0.289. The van der Waals surface area contributed by atoms with Crippen LogP contribution in [-0.2, 0) is 13.0 Å². The Labute approximate surface area is 147 Å². The third-order valence-electron chi connectivity index (χ3n) is 4.62. The van der Waals surface area contributed by atoms with Crippen LogP contribution in [0.5, 0.6) is 11.5 Å². The molecule has 5 nitrogen and oxygen atoms in total. The maximum atomic E-state index is 10.3. The predicted octanol–water partition coefficient (Wildman–Crippen LogP) is 3.97. The molecular formula is C20H24N2O3. The molecule has 3 aromatic rings. The number of fused-ring (bicyclic) bond motifs is 1. The number of hydrogen-bond donors (Lipinski definition) is 1. The first kappa shape index (κ1) is 17.3. The second-order valence-electron chi connectivity index (χ2n) is 6.02. The van der Waals surface area contributed by atoms with E-state index in [0.29, 0.717) is 18.5 Å². The monoisotopic (exact) mass is 340 g/mol. The van der Waals surface area contributed by atoms with Crippen molar-refractivity contribution in [2.45, 2.75) is 26.8 Å². The minimum absolute atomic E-state index is 0.249. The van der Waals surface area contributed by atoms with Crippen LogP contribution >= 0.6 is 0 Å². The molecule has 3 rings (SSSR count). The molecule has 5 heteroatoms. The summed E-state index contributed by atoms with van der Waals surface area (Å²) in [4.78, 5) is 2.23. The summed E-state index contributed by atoms with van der Waals surface area (Å²) in [5.41, 5.74) is 3.36. The van der Waals surface area contributed by atoms with Crippen molar-refractivity contribution in [3.8, 4) is 11.5 Å². The van der Waals surface area contributed by atoms with Crippen LogP contribution in [0.4, 0.5) is 0 Å². The molecule has 0 saturated heterocycles. The van der Waals surface area contributed by atoms with Crippen molar-refractivity contribution in [2.75, 3.05) is 20.2 Å². The summed E-state index contributed by atoms with van der Waals surface area (Å²) in [6, 6.07) is 11.5. The van der Waals surface area contributed by atoms with Crippen LogP contribution in [0, 0.1) is 0 Å². The molecule has 0 unspecified atom stereocenters. The highest BCUT2D eigenvalue weighted by Gasteiger charge is 2.18. The van der Waals surface area contributed by atoms with Gasteiger partial charge in [0, 0.05) is 23.9 Å². The van der Waals surface area contributed by atoms with Gasteiger partial charge >= 0.3 is 0 Å². The second-order valence-corrected chi connectivity index (χ2v) is 6.02. The van der Waals surface area contributed by atoms with E-state index < -0.39 is 0 Å². The standard InChI is InChI=1S/C20H24N2O3/c1-4-22(5-2)13-16-18(23)11-10-15-17(21-25-20(15)16)12-14-8-6-7-9-19(14)24-3/h6-11,23H,4-5,12-13H2,1-3H3. The van der Waals surface area contributed by atoms with E-state index in [9.17, 15) is 5.11 Å². The Balaban J connectivity index is 1.99. The first-order valence-electron chi connectivity index (χ1n) is 8.61. The molecule has 0 spiro atoms. The van der Waals surface area contributed by atoms with Gasteiger partial charge in [0.2, 0.25) is 0 Å². The number of ether oxygens (including phenoxy) is 1. The van der Waals surface area contributed by atoms with Gasteiger partial charge in [0.25, 0.3) is 0 Å². The van der Waals surface area contributed by atoms with Gasteiger partial charge in [-0.1, -0.05) is 37.2 Å². The van der Waals surface area contributed by atoms with Gasteiger partial charge in [0.1, 0.15) is 11.5 Å². The lowest BCUT2D eigenvalue weighted by Gasteiger charge is -2.18. The van der Waals surface area contributed by atoms with Gasteiger partial charge in [-0.15, -0.1) is 0 Å². The fourth-order valence-corrected chi connectivity index (χ4v) is 3.08. The Morgan fingerprint density at radius 1 is 1.12 bits per heavy atom. The summed E-state index contributed by atoms with van der Waals surface area (Å²) < 4.78 is 11.0. The highest BCUT2D eigenvalue weighted by Crippen LogP contribution is 2.32. The molecule has 0 aliphatic carbocycles. The molecule has 0 amide bonds. The number of hydrogen-bond acceptors (Lipinski definition) is 5. The zero-order chi connectivity index (χ0) is 17.8. The first-order chi connectivity index (χ1) is 12.2. The van der Waals surface area contributed by atoms with E-state index >= 15 is 0 Å². The van der Waals surface area contributed by atoms with E-state index in [1.807, 2.05) is 30.3 Å². The van der Waals surface area contributed by atoms with Crippen molar-refractivity contribution in [1.29, 1.82) is 0 Å². The second kappa shape index (κ2) is 7.57. The molecule has 1 heterocycles. The van der Waals surface area contributed by atoms with E-state index in [4.69, 9.17) is 9.26 Å². The molecule has 0 aliphatic heterocycles. The van der Waals surface area contributed by atoms with E-state index in [-0.39, 0.29) is 5.75 Å². The normalized spacial score (nSPS) is 11.4. The summed E-state index contributed by atoms with van der Waals surface area (Å²) >= 11 is 0. The predicted molar refractivity (Wildman–Crippen MR) is 98.1 cm³/mol. The Kier molecular flexibility index (Phi) is 5.24. The first-order valence-corrected chi connectivity index (χ1v) is 8.61. The van der Waals surface area contributed by atoms with E-state index in [1.54, 1.807) is 13.2 Å². The van der Waals surface area contributed by atoms with Gasteiger partial charge < -0.3 is 14.4 Å². The highest BCUT2D eigenvalue weighted by molar-refractivity contribution is 5.84. The molecule has 1 N–H and O–H groups in total. The quantitative estimate of drug-likeness (QED) is 0.705.